The molecule has 0 unspecified atom stereocenters. The minimum absolute atomic E-state index is 0.235. The van der Waals surface area contributed by atoms with E-state index >= 15 is 0 Å². The smallest absolute Gasteiger partial charge is 0.310 e. The molecule has 0 aromatic rings. The molecule has 3 heteroatoms. The highest BCUT2D eigenvalue weighted by Crippen LogP contribution is 2.33. The van der Waals surface area contributed by atoms with Crippen molar-refractivity contribution in [3.05, 3.63) is 0 Å². The van der Waals surface area contributed by atoms with Gasteiger partial charge in [0, 0.05) is 6.54 Å². The zero-order valence-electron chi connectivity index (χ0n) is 9.71. The molecule has 84 valence electrons. The number of aliphatic carboxylic acids is 1. The molecular weight excluding hydrogens is 178 g/mol. The van der Waals surface area contributed by atoms with Crippen molar-refractivity contribution in [3.63, 3.8) is 0 Å². The Labute approximate surface area is 86.7 Å². The van der Waals surface area contributed by atoms with Crippen molar-refractivity contribution in [2.45, 2.75) is 40.5 Å². The predicted molar refractivity (Wildman–Crippen MR) is 58.0 cm³/mol. The van der Waals surface area contributed by atoms with Crippen LogP contribution in [-0.4, -0.2) is 17.6 Å². The molecule has 0 saturated heterocycles. The van der Waals surface area contributed by atoms with E-state index in [0.29, 0.717) is 24.7 Å². The molecule has 0 bridgehead atoms. The van der Waals surface area contributed by atoms with Crippen LogP contribution in [0, 0.1) is 17.3 Å². The average Bonchev–Trinajstić information content (AvgIpc) is 2.00. The largest absolute Gasteiger partial charge is 0.481 e. The summed E-state index contributed by atoms with van der Waals surface area (Å²) in [7, 11) is 0. The van der Waals surface area contributed by atoms with E-state index in [2.05, 4.69) is 0 Å². The van der Waals surface area contributed by atoms with Crippen molar-refractivity contribution in [3.8, 4) is 0 Å². The van der Waals surface area contributed by atoms with Crippen molar-refractivity contribution in [2.75, 3.05) is 6.54 Å². The average molecular weight is 201 g/mol. The molecule has 0 aromatic carbocycles. The highest BCUT2D eigenvalue weighted by molar-refractivity contribution is 5.75. The summed E-state index contributed by atoms with van der Waals surface area (Å²) in [4.78, 5) is 11.2. The number of hydrogen-bond donors (Lipinski definition) is 2. The van der Waals surface area contributed by atoms with E-state index in [0.717, 1.165) is 0 Å². The molecule has 14 heavy (non-hydrogen) atoms. The fraction of sp³-hybridized carbons (Fsp3) is 0.909. The lowest BCUT2D eigenvalue weighted by Crippen LogP contribution is -2.41. The van der Waals surface area contributed by atoms with Crippen molar-refractivity contribution in [1.29, 1.82) is 0 Å². The van der Waals surface area contributed by atoms with Gasteiger partial charge >= 0.3 is 5.97 Å². The number of nitrogens with two attached hydrogens (primary N) is 1. The Kier molecular flexibility index (Phi) is 5.13. The topological polar surface area (TPSA) is 63.3 Å². The Morgan fingerprint density at radius 2 is 1.57 bits per heavy atom. The van der Waals surface area contributed by atoms with Gasteiger partial charge in [-0.25, -0.2) is 0 Å². The second-order valence-corrected chi connectivity index (χ2v) is 4.99. The number of rotatable bonds is 6. The third kappa shape index (κ3) is 3.66. The normalized spacial score (nSPS) is 12.5. The van der Waals surface area contributed by atoms with Crippen LogP contribution in [0.15, 0.2) is 0 Å². The van der Waals surface area contributed by atoms with E-state index < -0.39 is 11.4 Å². The minimum atomic E-state index is -0.748. The summed E-state index contributed by atoms with van der Waals surface area (Å²) < 4.78 is 0. The molecule has 0 amide bonds. The van der Waals surface area contributed by atoms with Crippen LogP contribution >= 0.6 is 0 Å². The monoisotopic (exact) mass is 201 g/mol. The van der Waals surface area contributed by atoms with E-state index in [-0.39, 0.29) is 6.54 Å². The Balaban J connectivity index is 4.69. The third-order valence-corrected chi connectivity index (χ3v) is 2.44. The molecule has 3 N–H and O–H groups in total. The molecule has 0 aromatic heterocycles. The van der Waals surface area contributed by atoms with Crippen LogP contribution in [0.4, 0.5) is 0 Å². The molecule has 0 radical (unpaired) electrons. The lowest BCUT2D eigenvalue weighted by molar-refractivity contribution is -0.150. The predicted octanol–water partition coefficient (Wildman–Crippen LogP) is 2.11. The first-order valence-electron chi connectivity index (χ1n) is 5.27. The molecule has 0 aliphatic rings. The van der Waals surface area contributed by atoms with Gasteiger partial charge in [0.15, 0.2) is 0 Å². The first-order chi connectivity index (χ1) is 6.34. The summed E-state index contributed by atoms with van der Waals surface area (Å²) in [5.41, 5.74) is 4.90. The first kappa shape index (κ1) is 13.4. The van der Waals surface area contributed by atoms with Crippen molar-refractivity contribution < 1.29 is 9.90 Å². The second kappa shape index (κ2) is 5.35. The van der Waals surface area contributed by atoms with Gasteiger partial charge in [0.05, 0.1) is 5.41 Å². The molecule has 0 atom stereocenters. The summed E-state index contributed by atoms with van der Waals surface area (Å²) in [6.07, 6.45) is 1.33. The zero-order valence-corrected chi connectivity index (χ0v) is 9.71. The van der Waals surface area contributed by atoms with Crippen molar-refractivity contribution >= 4 is 5.97 Å². The summed E-state index contributed by atoms with van der Waals surface area (Å²) in [6, 6.07) is 0. The zero-order chi connectivity index (χ0) is 11.4. The van der Waals surface area contributed by atoms with Crippen LogP contribution in [0.5, 0.6) is 0 Å². The van der Waals surface area contributed by atoms with Gasteiger partial charge in [-0.15, -0.1) is 0 Å². The number of carbonyl (C=O) groups is 1. The molecule has 0 saturated carbocycles. The summed E-state index contributed by atoms with van der Waals surface area (Å²) in [5, 5.41) is 9.24. The van der Waals surface area contributed by atoms with Crippen molar-refractivity contribution in [1.82, 2.24) is 0 Å². The van der Waals surface area contributed by atoms with Gasteiger partial charge < -0.3 is 10.8 Å². The quantitative estimate of drug-likeness (QED) is 0.691. The van der Waals surface area contributed by atoms with Crippen LogP contribution in [0.25, 0.3) is 0 Å². The fourth-order valence-corrected chi connectivity index (χ4v) is 2.07. The lowest BCUT2D eigenvalue weighted by atomic mass is 9.74. The molecule has 3 nitrogen and oxygen atoms in total. The van der Waals surface area contributed by atoms with Gasteiger partial charge in [0.25, 0.3) is 0 Å². The van der Waals surface area contributed by atoms with E-state index in [1.165, 1.54) is 0 Å². The van der Waals surface area contributed by atoms with Gasteiger partial charge in [0.1, 0.15) is 0 Å². The highest BCUT2D eigenvalue weighted by Gasteiger charge is 2.38. The third-order valence-electron chi connectivity index (χ3n) is 2.44. The lowest BCUT2D eigenvalue weighted by Gasteiger charge is -2.31. The van der Waals surface area contributed by atoms with Crippen LogP contribution in [0.1, 0.15) is 40.5 Å². The molecule has 0 fully saturated rings. The van der Waals surface area contributed by atoms with Gasteiger partial charge in [-0.3, -0.25) is 4.79 Å². The summed E-state index contributed by atoms with van der Waals surface area (Å²) in [6.45, 7) is 8.38. The molecule has 0 spiro atoms. The van der Waals surface area contributed by atoms with E-state index in [1.807, 2.05) is 27.7 Å². The maximum atomic E-state index is 11.2. The van der Waals surface area contributed by atoms with Crippen LogP contribution in [0.2, 0.25) is 0 Å². The van der Waals surface area contributed by atoms with Crippen molar-refractivity contribution in [2.24, 2.45) is 23.0 Å². The molecule has 0 aliphatic carbocycles. The number of carboxylic acids is 1. The maximum absolute atomic E-state index is 11.2. The molecule has 0 heterocycles. The Hall–Kier alpha value is -0.570. The molecular formula is C11H23NO2. The highest BCUT2D eigenvalue weighted by atomic mass is 16.4. The SMILES string of the molecule is CC(C)CC(CN)(CC(C)C)C(=O)O. The first-order valence-corrected chi connectivity index (χ1v) is 5.27. The van der Waals surface area contributed by atoms with Gasteiger partial charge in [-0.2, -0.15) is 0 Å². The van der Waals surface area contributed by atoms with E-state index in [1.54, 1.807) is 0 Å². The maximum Gasteiger partial charge on any atom is 0.310 e. The Bertz CT molecular complexity index is 178. The van der Waals surface area contributed by atoms with Gasteiger partial charge in [-0.05, 0) is 24.7 Å². The van der Waals surface area contributed by atoms with Crippen LogP contribution < -0.4 is 5.73 Å². The number of hydrogen-bond acceptors (Lipinski definition) is 2. The summed E-state index contributed by atoms with van der Waals surface area (Å²) >= 11 is 0. The van der Waals surface area contributed by atoms with Gasteiger partial charge in [-0.1, -0.05) is 27.7 Å². The van der Waals surface area contributed by atoms with Crippen LogP contribution in [0.3, 0.4) is 0 Å². The Morgan fingerprint density at radius 3 is 1.71 bits per heavy atom. The fourth-order valence-electron chi connectivity index (χ4n) is 2.07. The van der Waals surface area contributed by atoms with E-state index in [9.17, 15) is 9.90 Å². The van der Waals surface area contributed by atoms with E-state index in [4.69, 9.17) is 5.73 Å². The summed E-state index contributed by atoms with van der Waals surface area (Å²) in [5.74, 6) is -0.0100. The Morgan fingerprint density at radius 1 is 1.21 bits per heavy atom. The standard InChI is InChI=1S/C11H23NO2/c1-8(2)5-11(7-12,10(13)14)6-9(3)4/h8-9H,5-7,12H2,1-4H3,(H,13,14). The molecule has 0 aliphatic heterocycles. The molecule has 0 rings (SSSR count). The van der Waals surface area contributed by atoms with Gasteiger partial charge in [0.2, 0.25) is 0 Å². The second-order valence-electron chi connectivity index (χ2n) is 4.99. The van der Waals surface area contributed by atoms with Crippen LogP contribution in [-0.2, 0) is 4.79 Å². The minimum Gasteiger partial charge on any atom is -0.481 e. The number of carboxylic acid groups (broad SMARTS) is 1.